The number of hydrogen-bond acceptors (Lipinski definition) is 6. The van der Waals surface area contributed by atoms with Crippen molar-refractivity contribution in [2.24, 2.45) is 5.92 Å². The van der Waals surface area contributed by atoms with Gasteiger partial charge in [-0.3, -0.25) is 14.6 Å². The molecule has 0 saturated carbocycles. The maximum atomic E-state index is 14.1. The molecule has 0 radical (unpaired) electrons. The molecule has 0 aliphatic carbocycles. The predicted molar refractivity (Wildman–Crippen MR) is 156 cm³/mol. The van der Waals surface area contributed by atoms with Gasteiger partial charge >= 0.3 is 0 Å². The van der Waals surface area contributed by atoms with Crippen LogP contribution in [0.1, 0.15) is 34.8 Å². The van der Waals surface area contributed by atoms with Gasteiger partial charge in [0.05, 0.1) is 20.8 Å². The first-order valence-corrected chi connectivity index (χ1v) is 14.1. The van der Waals surface area contributed by atoms with Crippen LogP contribution in [0.15, 0.2) is 67.0 Å². The van der Waals surface area contributed by atoms with Gasteiger partial charge in [0.1, 0.15) is 23.6 Å². The molecule has 3 atom stereocenters. The molecule has 0 bridgehead atoms. The van der Waals surface area contributed by atoms with Crippen molar-refractivity contribution in [1.82, 2.24) is 25.5 Å². The molecular formula is C32H35N5O4. The minimum absolute atomic E-state index is 0.0646. The number of aromatic amines is 1. The summed E-state index contributed by atoms with van der Waals surface area (Å²) in [5.41, 5.74) is 5.07. The van der Waals surface area contributed by atoms with Crippen LogP contribution in [0.25, 0.3) is 10.9 Å². The molecule has 9 nitrogen and oxygen atoms in total. The molecule has 4 heterocycles. The van der Waals surface area contributed by atoms with Crippen molar-refractivity contribution in [3.05, 3.63) is 89.4 Å². The van der Waals surface area contributed by atoms with Crippen molar-refractivity contribution in [2.75, 3.05) is 27.3 Å². The number of H-pyrrole nitrogens is 1. The van der Waals surface area contributed by atoms with E-state index in [0.717, 1.165) is 57.6 Å². The third-order valence-corrected chi connectivity index (χ3v) is 8.24. The average Bonchev–Trinajstić information content (AvgIpc) is 3.63. The lowest BCUT2D eigenvalue weighted by Crippen LogP contribution is -2.50. The van der Waals surface area contributed by atoms with Gasteiger partial charge in [0, 0.05) is 42.1 Å². The zero-order chi connectivity index (χ0) is 28.3. The van der Waals surface area contributed by atoms with E-state index in [0.29, 0.717) is 26.1 Å². The second-order valence-corrected chi connectivity index (χ2v) is 10.8. The van der Waals surface area contributed by atoms with Gasteiger partial charge in [0.15, 0.2) is 0 Å². The fourth-order valence-electron chi connectivity index (χ4n) is 6.14. The minimum Gasteiger partial charge on any atom is -0.497 e. The first kappa shape index (κ1) is 26.8. The number of methoxy groups -OCH3 is 2. The Morgan fingerprint density at radius 2 is 1.85 bits per heavy atom. The molecule has 2 aliphatic heterocycles. The summed E-state index contributed by atoms with van der Waals surface area (Å²) < 4.78 is 10.7. The van der Waals surface area contributed by atoms with Crippen LogP contribution in [0.3, 0.4) is 0 Å². The van der Waals surface area contributed by atoms with Gasteiger partial charge < -0.3 is 30.0 Å². The van der Waals surface area contributed by atoms with Crippen molar-refractivity contribution < 1.29 is 19.1 Å². The van der Waals surface area contributed by atoms with E-state index in [2.05, 4.69) is 32.7 Å². The number of pyridine rings is 1. The summed E-state index contributed by atoms with van der Waals surface area (Å²) in [5, 5.41) is 7.49. The molecule has 2 aromatic carbocycles. The van der Waals surface area contributed by atoms with Gasteiger partial charge in [-0.15, -0.1) is 0 Å². The van der Waals surface area contributed by atoms with Crippen molar-refractivity contribution in [1.29, 1.82) is 0 Å². The highest BCUT2D eigenvalue weighted by Gasteiger charge is 2.42. The highest BCUT2D eigenvalue weighted by Crippen LogP contribution is 2.33. The van der Waals surface area contributed by atoms with E-state index in [4.69, 9.17) is 9.47 Å². The van der Waals surface area contributed by atoms with Crippen LogP contribution in [0.5, 0.6) is 11.5 Å². The lowest BCUT2D eigenvalue weighted by Gasteiger charge is -2.32. The summed E-state index contributed by atoms with van der Waals surface area (Å²) in [7, 11) is 3.30. The van der Waals surface area contributed by atoms with Gasteiger partial charge in [-0.2, -0.15) is 0 Å². The van der Waals surface area contributed by atoms with Crippen molar-refractivity contribution in [3.63, 3.8) is 0 Å². The molecule has 1 fully saturated rings. The summed E-state index contributed by atoms with van der Waals surface area (Å²) in [6.45, 7) is 1.55. The Bertz CT molecular complexity index is 1520. The van der Waals surface area contributed by atoms with E-state index in [1.54, 1.807) is 31.5 Å². The smallest absolute Gasteiger partial charge is 0.245 e. The van der Waals surface area contributed by atoms with Gasteiger partial charge in [-0.1, -0.05) is 18.2 Å². The number of carbonyl (C=O) groups excluding carboxylic acids is 2. The number of benzene rings is 2. The molecule has 9 heteroatoms. The molecule has 2 aromatic heterocycles. The molecule has 2 amide bonds. The van der Waals surface area contributed by atoms with Crippen LogP contribution < -0.4 is 20.1 Å². The van der Waals surface area contributed by atoms with Crippen LogP contribution in [0.4, 0.5) is 0 Å². The Hall–Kier alpha value is -4.37. The molecule has 0 spiro atoms. The lowest BCUT2D eigenvalue weighted by atomic mass is 9.93. The highest BCUT2D eigenvalue weighted by atomic mass is 16.5. The second-order valence-electron chi connectivity index (χ2n) is 10.8. The molecule has 2 aliphatic rings. The summed E-state index contributed by atoms with van der Waals surface area (Å²) in [6, 6.07) is 16.7. The van der Waals surface area contributed by atoms with E-state index in [-0.39, 0.29) is 17.7 Å². The fraction of sp³-hybridized carbons (Fsp3) is 0.344. The van der Waals surface area contributed by atoms with Gasteiger partial charge in [0.2, 0.25) is 11.8 Å². The number of nitrogens with one attached hydrogen (secondary N) is 3. The lowest BCUT2D eigenvalue weighted by molar-refractivity contribution is -0.140. The largest absolute Gasteiger partial charge is 0.497 e. The normalized spacial score (nSPS) is 20.0. The van der Waals surface area contributed by atoms with Crippen LogP contribution in [-0.4, -0.2) is 60.0 Å². The van der Waals surface area contributed by atoms with Crippen LogP contribution in [-0.2, 0) is 29.0 Å². The fourth-order valence-corrected chi connectivity index (χ4v) is 6.14. The molecule has 3 N–H and O–H groups in total. The number of hydrogen-bond donors (Lipinski definition) is 3. The van der Waals surface area contributed by atoms with E-state index in [1.165, 1.54) is 0 Å². The Balaban J connectivity index is 1.22. The Morgan fingerprint density at radius 1 is 1.05 bits per heavy atom. The number of fused-ring (bicyclic) bond motifs is 2. The number of amides is 2. The highest BCUT2D eigenvalue weighted by molar-refractivity contribution is 5.91. The number of likely N-dealkylation sites (tertiary alicyclic amines) is 1. The second kappa shape index (κ2) is 11.6. The first-order chi connectivity index (χ1) is 20.0. The Labute approximate surface area is 239 Å². The quantitative estimate of drug-likeness (QED) is 0.308. The predicted octanol–water partition coefficient (Wildman–Crippen LogP) is 3.54. The van der Waals surface area contributed by atoms with E-state index < -0.39 is 12.1 Å². The maximum Gasteiger partial charge on any atom is 0.245 e. The molecule has 6 rings (SSSR count). The Kier molecular flexibility index (Phi) is 7.61. The van der Waals surface area contributed by atoms with Crippen molar-refractivity contribution >= 4 is 22.7 Å². The minimum atomic E-state index is -0.554. The molecular weight excluding hydrogens is 518 g/mol. The Morgan fingerprint density at radius 3 is 2.63 bits per heavy atom. The first-order valence-electron chi connectivity index (χ1n) is 14.1. The third kappa shape index (κ3) is 5.63. The maximum absolute atomic E-state index is 14.1. The van der Waals surface area contributed by atoms with Gasteiger partial charge in [-0.05, 0) is 78.3 Å². The molecule has 3 unspecified atom stereocenters. The zero-order valence-corrected chi connectivity index (χ0v) is 23.4. The van der Waals surface area contributed by atoms with Crippen LogP contribution in [0.2, 0.25) is 0 Å². The standard InChI is InChI=1S/C32H35N5O4/c1-40-25-5-3-20(4-6-25)13-21-14-29(31(38)35-18-24-15-23-17-33-11-10-28(23)36-24)37(19-21)32(39)30-27-8-7-26(41-2)16-22(27)9-12-34-30/h3-8,10-11,15-17,21,29-30,34,36H,9,12-14,18-19H2,1-2H3,(H,35,38). The monoisotopic (exact) mass is 553 g/mol. The summed E-state index contributed by atoms with van der Waals surface area (Å²) in [5.74, 6) is 1.53. The van der Waals surface area contributed by atoms with E-state index in [9.17, 15) is 9.59 Å². The van der Waals surface area contributed by atoms with Gasteiger partial charge in [-0.25, -0.2) is 0 Å². The zero-order valence-electron chi connectivity index (χ0n) is 23.4. The summed E-state index contributed by atoms with van der Waals surface area (Å²) in [4.78, 5) is 37.1. The number of nitrogens with zero attached hydrogens (tertiary/aromatic N) is 2. The average molecular weight is 554 g/mol. The van der Waals surface area contributed by atoms with Crippen molar-refractivity contribution in [3.8, 4) is 11.5 Å². The summed E-state index contributed by atoms with van der Waals surface area (Å²) >= 11 is 0. The number of ether oxygens (including phenoxy) is 2. The van der Waals surface area contributed by atoms with Crippen molar-refractivity contribution in [2.45, 2.75) is 37.9 Å². The van der Waals surface area contributed by atoms with Gasteiger partial charge in [0.25, 0.3) is 0 Å². The summed E-state index contributed by atoms with van der Waals surface area (Å²) in [6.07, 6.45) is 5.73. The topological polar surface area (TPSA) is 109 Å². The van der Waals surface area contributed by atoms with Crippen LogP contribution >= 0.6 is 0 Å². The number of rotatable bonds is 8. The number of carbonyl (C=O) groups is 2. The van der Waals surface area contributed by atoms with Crippen LogP contribution in [0, 0.1) is 5.92 Å². The third-order valence-electron chi connectivity index (χ3n) is 8.24. The van der Waals surface area contributed by atoms with E-state index >= 15 is 0 Å². The SMILES string of the molecule is COc1ccc(CC2CC(C(=O)NCc3cc4cnccc4[nH]3)N(C(=O)C3NCCc4cc(OC)ccc43)C2)cc1. The molecule has 212 valence electrons. The molecule has 41 heavy (non-hydrogen) atoms. The van der Waals surface area contributed by atoms with E-state index in [1.807, 2.05) is 42.5 Å². The number of aromatic nitrogens is 2. The molecule has 4 aromatic rings. The molecule has 1 saturated heterocycles.